The van der Waals surface area contributed by atoms with E-state index in [2.05, 4.69) is 25.9 Å². The number of hydrogen-bond donors (Lipinski definition) is 1. The van der Waals surface area contributed by atoms with Gasteiger partial charge < -0.3 is 10.5 Å². The summed E-state index contributed by atoms with van der Waals surface area (Å²) in [5, 5.41) is 0. The van der Waals surface area contributed by atoms with Crippen LogP contribution in [0.15, 0.2) is 28.9 Å². The molecular weight excluding hydrogens is 296 g/mol. The van der Waals surface area contributed by atoms with Crippen LogP contribution in [-0.2, 0) is 0 Å². The Labute approximate surface area is 104 Å². The van der Waals surface area contributed by atoms with Crippen LogP contribution in [-0.4, -0.2) is 9.97 Å². The third-order valence-electron chi connectivity index (χ3n) is 1.79. The molecule has 1 heterocycles. The average molecular weight is 302 g/mol. The highest BCUT2D eigenvalue weighted by Gasteiger charge is 2.09. The van der Waals surface area contributed by atoms with Crippen molar-refractivity contribution in [2.24, 2.45) is 0 Å². The molecule has 1 aromatic heterocycles. The summed E-state index contributed by atoms with van der Waals surface area (Å²) in [5.41, 5.74) is 5.45. The lowest BCUT2D eigenvalue weighted by atomic mass is 10.3. The fourth-order valence-electron chi connectivity index (χ4n) is 1.11. The van der Waals surface area contributed by atoms with E-state index in [4.69, 9.17) is 10.5 Å². The molecule has 0 aliphatic carbocycles. The summed E-state index contributed by atoms with van der Waals surface area (Å²) >= 11 is 3.08. The van der Waals surface area contributed by atoms with Gasteiger partial charge in [-0.05, 0) is 28.1 Å². The van der Waals surface area contributed by atoms with Gasteiger partial charge in [-0.2, -0.15) is 9.97 Å². The van der Waals surface area contributed by atoms with Crippen molar-refractivity contribution in [2.75, 3.05) is 5.73 Å². The van der Waals surface area contributed by atoms with Gasteiger partial charge in [-0.25, -0.2) is 8.78 Å². The van der Waals surface area contributed by atoms with Gasteiger partial charge in [0.05, 0.1) is 0 Å². The molecule has 7 heteroatoms. The molecule has 2 aromatic rings. The van der Waals surface area contributed by atoms with E-state index in [1.54, 1.807) is 0 Å². The van der Waals surface area contributed by atoms with Gasteiger partial charge in [0.2, 0.25) is 0 Å². The summed E-state index contributed by atoms with van der Waals surface area (Å²) in [4.78, 5) is 7.54. The van der Waals surface area contributed by atoms with Crippen LogP contribution < -0.4 is 10.5 Å². The normalized spacial score (nSPS) is 10.3. The van der Waals surface area contributed by atoms with E-state index in [0.29, 0.717) is 4.60 Å². The number of benzene rings is 1. The maximum Gasteiger partial charge on any atom is 0.325 e. The van der Waals surface area contributed by atoms with Crippen LogP contribution in [0.1, 0.15) is 0 Å². The highest BCUT2D eigenvalue weighted by Crippen LogP contribution is 2.24. The highest BCUT2D eigenvalue weighted by molar-refractivity contribution is 9.10. The lowest BCUT2D eigenvalue weighted by Gasteiger charge is -2.05. The molecule has 2 N–H and O–H groups in total. The maximum atomic E-state index is 13.3. The monoisotopic (exact) mass is 301 g/mol. The minimum absolute atomic E-state index is 0.152. The fraction of sp³-hybridized carbons (Fsp3) is 0. The van der Waals surface area contributed by atoms with E-state index in [9.17, 15) is 8.78 Å². The first-order chi connectivity index (χ1) is 8.04. The molecule has 0 spiro atoms. The SMILES string of the molecule is Nc1cc(Br)nc(Oc2cc(F)ccc2F)n1. The molecule has 0 aliphatic rings. The van der Waals surface area contributed by atoms with Gasteiger partial charge in [-0.3, -0.25) is 0 Å². The number of rotatable bonds is 2. The first-order valence-electron chi connectivity index (χ1n) is 4.47. The largest absolute Gasteiger partial charge is 0.421 e. The molecule has 17 heavy (non-hydrogen) atoms. The van der Waals surface area contributed by atoms with Crippen LogP contribution >= 0.6 is 15.9 Å². The summed E-state index contributed by atoms with van der Waals surface area (Å²) in [6, 6.07) is 4.12. The molecule has 0 saturated heterocycles. The number of nitrogens with zero attached hydrogens (tertiary/aromatic N) is 2. The molecule has 0 amide bonds. The van der Waals surface area contributed by atoms with Crippen molar-refractivity contribution < 1.29 is 13.5 Å². The molecule has 4 nitrogen and oxygen atoms in total. The summed E-state index contributed by atoms with van der Waals surface area (Å²) in [5.74, 6) is -1.49. The van der Waals surface area contributed by atoms with E-state index < -0.39 is 11.6 Å². The predicted molar refractivity (Wildman–Crippen MR) is 60.6 cm³/mol. The average Bonchev–Trinajstić information content (AvgIpc) is 2.22. The van der Waals surface area contributed by atoms with E-state index in [-0.39, 0.29) is 17.6 Å². The Morgan fingerprint density at radius 3 is 2.65 bits per heavy atom. The van der Waals surface area contributed by atoms with Crippen LogP contribution in [0.2, 0.25) is 0 Å². The van der Waals surface area contributed by atoms with Gasteiger partial charge in [-0.15, -0.1) is 0 Å². The number of nitrogens with two attached hydrogens (primary N) is 1. The molecule has 2 rings (SSSR count). The van der Waals surface area contributed by atoms with Gasteiger partial charge in [-0.1, -0.05) is 0 Å². The predicted octanol–water partition coefficient (Wildman–Crippen LogP) is 2.89. The van der Waals surface area contributed by atoms with Crippen molar-refractivity contribution in [1.29, 1.82) is 0 Å². The molecule has 0 saturated carbocycles. The van der Waals surface area contributed by atoms with Crippen LogP contribution in [0.25, 0.3) is 0 Å². The van der Waals surface area contributed by atoms with Gasteiger partial charge in [0, 0.05) is 12.1 Å². The third kappa shape index (κ3) is 2.88. The Balaban J connectivity index is 2.34. The standard InChI is InChI=1S/C10H6BrF2N3O/c11-8-4-9(14)16-10(15-8)17-7-3-5(12)1-2-6(7)13/h1-4H,(H2,14,15,16). The molecule has 0 radical (unpaired) electrons. The first-order valence-corrected chi connectivity index (χ1v) is 5.27. The second-order valence-electron chi connectivity index (χ2n) is 3.07. The van der Waals surface area contributed by atoms with Crippen molar-refractivity contribution in [3.63, 3.8) is 0 Å². The fourth-order valence-corrected chi connectivity index (χ4v) is 1.50. The first kappa shape index (κ1) is 11.7. The summed E-state index contributed by atoms with van der Waals surface area (Å²) < 4.78 is 31.5. The molecule has 0 fully saturated rings. The Morgan fingerprint density at radius 2 is 1.94 bits per heavy atom. The minimum Gasteiger partial charge on any atom is -0.421 e. The molecule has 0 unspecified atom stereocenters. The van der Waals surface area contributed by atoms with Gasteiger partial charge >= 0.3 is 6.01 Å². The number of hydrogen-bond acceptors (Lipinski definition) is 4. The number of nitrogen functional groups attached to an aromatic ring is 1. The van der Waals surface area contributed by atoms with Crippen molar-refractivity contribution in [3.05, 3.63) is 40.5 Å². The minimum atomic E-state index is -0.714. The van der Waals surface area contributed by atoms with Gasteiger partial charge in [0.15, 0.2) is 11.6 Å². The zero-order chi connectivity index (χ0) is 12.4. The number of ether oxygens (including phenoxy) is 1. The molecule has 0 bridgehead atoms. The molecule has 0 aliphatic heterocycles. The lowest BCUT2D eigenvalue weighted by molar-refractivity contribution is 0.406. The quantitative estimate of drug-likeness (QED) is 0.867. The molecular formula is C10H6BrF2N3O. The van der Waals surface area contributed by atoms with Crippen LogP contribution in [0.3, 0.4) is 0 Å². The summed E-state index contributed by atoms with van der Waals surface area (Å²) in [6.07, 6.45) is 0. The van der Waals surface area contributed by atoms with E-state index in [1.807, 2.05) is 0 Å². The van der Waals surface area contributed by atoms with Crippen LogP contribution in [0.4, 0.5) is 14.6 Å². The Morgan fingerprint density at radius 1 is 1.18 bits per heavy atom. The topological polar surface area (TPSA) is 61.0 Å². The van der Waals surface area contributed by atoms with Crippen LogP contribution in [0, 0.1) is 11.6 Å². The molecule has 88 valence electrons. The second kappa shape index (κ2) is 4.62. The van der Waals surface area contributed by atoms with Crippen molar-refractivity contribution in [1.82, 2.24) is 9.97 Å². The number of aromatic nitrogens is 2. The zero-order valence-corrected chi connectivity index (χ0v) is 9.91. The Kier molecular flexibility index (Phi) is 3.19. The van der Waals surface area contributed by atoms with Gasteiger partial charge in [0.25, 0.3) is 0 Å². The second-order valence-corrected chi connectivity index (χ2v) is 3.89. The Bertz CT molecular complexity index is 545. The number of halogens is 3. The highest BCUT2D eigenvalue weighted by atomic mass is 79.9. The zero-order valence-electron chi connectivity index (χ0n) is 8.32. The van der Waals surface area contributed by atoms with Crippen molar-refractivity contribution in [3.8, 4) is 11.8 Å². The number of anilines is 1. The smallest absolute Gasteiger partial charge is 0.325 e. The third-order valence-corrected chi connectivity index (χ3v) is 2.19. The molecule has 1 aromatic carbocycles. The Hall–Kier alpha value is -1.76. The van der Waals surface area contributed by atoms with Gasteiger partial charge in [0.1, 0.15) is 16.2 Å². The summed E-state index contributed by atoms with van der Waals surface area (Å²) in [6.45, 7) is 0. The van der Waals surface area contributed by atoms with Crippen molar-refractivity contribution in [2.45, 2.75) is 0 Å². The van der Waals surface area contributed by atoms with E-state index in [0.717, 1.165) is 18.2 Å². The van der Waals surface area contributed by atoms with E-state index >= 15 is 0 Å². The summed E-state index contributed by atoms with van der Waals surface area (Å²) in [7, 11) is 0. The molecule has 0 atom stereocenters. The van der Waals surface area contributed by atoms with E-state index in [1.165, 1.54) is 6.07 Å². The van der Waals surface area contributed by atoms with Crippen molar-refractivity contribution >= 4 is 21.7 Å². The van der Waals surface area contributed by atoms with Crippen LogP contribution in [0.5, 0.6) is 11.8 Å². The maximum absolute atomic E-state index is 13.3. The lowest BCUT2D eigenvalue weighted by Crippen LogP contribution is -1.98.